The van der Waals surface area contributed by atoms with Crippen LogP contribution in [0.2, 0.25) is 5.02 Å². The van der Waals surface area contributed by atoms with Gasteiger partial charge in [-0.05, 0) is 48.0 Å². The van der Waals surface area contributed by atoms with Gasteiger partial charge >= 0.3 is 12.1 Å². The van der Waals surface area contributed by atoms with Gasteiger partial charge in [-0.1, -0.05) is 41.9 Å². The van der Waals surface area contributed by atoms with Crippen LogP contribution in [0.1, 0.15) is 26.3 Å². The van der Waals surface area contributed by atoms with E-state index >= 15 is 0 Å². The van der Waals surface area contributed by atoms with Crippen LogP contribution in [0.15, 0.2) is 85.2 Å². The molecule has 0 amide bonds. The number of halogens is 4. The van der Waals surface area contributed by atoms with E-state index in [1.807, 2.05) is 6.07 Å². The molecule has 0 radical (unpaired) electrons. The number of methoxy groups -OCH3 is 1. The zero-order chi connectivity index (χ0) is 27.0. The van der Waals surface area contributed by atoms with Gasteiger partial charge < -0.3 is 4.74 Å². The Labute approximate surface area is 219 Å². The molecule has 0 aliphatic carbocycles. The summed E-state index contributed by atoms with van der Waals surface area (Å²) in [4.78, 5) is 29.6. The topological polar surface area (TPSA) is 74.1 Å². The highest BCUT2D eigenvalue weighted by Gasteiger charge is 2.37. The summed E-state index contributed by atoms with van der Waals surface area (Å²) < 4.78 is 47.1. The minimum absolute atomic E-state index is 0.274. The van der Waals surface area contributed by atoms with E-state index in [4.69, 9.17) is 16.3 Å². The minimum Gasteiger partial charge on any atom is -0.465 e. The summed E-state index contributed by atoms with van der Waals surface area (Å²) in [6.45, 7) is 0. The molecular formula is C28H17ClF3N3O3. The fourth-order valence-electron chi connectivity index (χ4n) is 4.16. The summed E-state index contributed by atoms with van der Waals surface area (Å²) in [5, 5.41) is 4.60. The van der Waals surface area contributed by atoms with Crippen molar-refractivity contribution in [3.8, 4) is 22.4 Å². The summed E-state index contributed by atoms with van der Waals surface area (Å²) in [6, 6.07) is 18.2. The summed E-state index contributed by atoms with van der Waals surface area (Å²) >= 11 is 6.13. The van der Waals surface area contributed by atoms with E-state index in [1.54, 1.807) is 48.8 Å². The maximum atomic E-state index is 13.8. The smallest absolute Gasteiger partial charge is 0.417 e. The molecule has 0 saturated carbocycles. The molecule has 5 aromatic rings. The zero-order valence-corrected chi connectivity index (χ0v) is 20.4. The van der Waals surface area contributed by atoms with Crippen LogP contribution in [0.4, 0.5) is 13.2 Å². The largest absolute Gasteiger partial charge is 0.465 e. The van der Waals surface area contributed by atoms with E-state index in [0.717, 1.165) is 22.4 Å². The van der Waals surface area contributed by atoms with Gasteiger partial charge in [0.1, 0.15) is 5.69 Å². The monoisotopic (exact) mass is 535 g/mol. The Hall–Kier alpha value is -4.50. The second-order valence-electron chi connectivity index (χ2n) is 8.27. The van der Waals surface area contributed by atoms with Gasteiger partial charge in [-0.3, -0.25) is 9.78 Å². The van der Waals surface area contributed by atoms with Gasteiger partial charge in [0, 0.05) is 28.9 Å². The predicted molar refractivity (Wildman–Crippen MR) is 136 cm³/mol. The van der Waals surface area contributed by atoms with Crippen LogP contribution in [-0.4, -0.2) is 33.8 Å². The number of hydrogen-bond donors (Lipinski definition) is 0. The Bertz CT molecular complexity index is 1680. The molecule has 10 heteroatoms. The highest BCUT2D eigenvalue weighted by molar-refractivity contribution is 6.34. The number of nitrogens with zero attached hydrogens (tertiary/aromatic N) is 3. The molecule has 0 aliphatic rings. The molecule has 38 heavy (non-hydrogen) atoms. The molecule has 2 aromatic heterocycles. The number of aromatic nitrogens is 3. The molecule has 190 valence electrons. The predicted octanol–water partition coefficient (Wildman–Crippen LogP) is 6.91. The van der Waals surface area contributed by atoms with E-state index in [-0.39, 0.29) is 10.5 Å². The second kappa shape index (κ2) is 9.75. The molecule has 0 atom stereocenters. The van der Waals surface area contributed by atoms with Crippen LogP contribution in [0, 0.1) is 0 Å². The molecule has 0 fully saturated rings. The Balaban J connectivity index is 1.74. The molecule has 2 heterocycles. The van der Waals surface area contributed by atoms with Crippen molar-refractivity contribution >= 4 is 34.4 Å². The summed E-state index contributed by atoms with van der Waals surface area (Å²) in [7, 11) is 1.26. The van der Waals surface area contributed by atoms with Gasteiger partial charge in [-0.2, -0.15) is 23.0 Å². The summed E-state index contributed by atoms with van der Waals surface area (Å²) in [6.07, 6.45) is -1.57. The Morgan fingerprint density at radius 3 is 2.32 bits per heavy atom. The van der Waals surface area contributed by atoms with E-state index in [1.165, 1.54) is 25.3 Å². The number of benzene rings is 3. The van der Waals surface area contributed by atoms with Crippen LogP contribution >= 0.6 is 11.6 Å². The fraction of sp³-hybridized carbons (Fsp3) is 0.0714. The molecule has 0 saturated heterocycles. The van der Waals surface area contributed by atoms with Crippen molar-refractivity contribution in [3.63, 3.8) is 0 Å². The van der Waals surface area contributed by atoms with Crippen LogP contribution in [0.5, 0.6) is 0 Å². The van der Waals surface area contributed by atoms with Crippen LogP contribution < -0.4 is 0 Å². The maximum absolute atomic E-state index is 13.8. The number of pyridine rings is 1. The molecule has 0 N–H and O–H groups in total. The quantitative estimate of drug-likeness (QED) is 0.234. The highest BCUT2D eigenvalue weighted by atomic mass is 35.5. The van der Waals surface area contributed by atoms with Gasteiger partial charge in [0.05, 0.1) is 34.3 Å². The van der Waals surface area contributed by atoms with Crippen LogP contribution in [-0.2, 0) is 10.9 Å². The number of hydrogen-bond acceptors (Lipinski definition) is 5. The number of esters is 1. The molecular weight excluding hydrogens is 519 g/mol. The number of carbonyl (C=O) groups excluding carboxylic acids is 2. The molecule has 0 spiro atoms. The first-order valence-corrected chi connectivity index (χ1v) is 11.6. The number of carbonyl (C=O) groups is 2. The number of fused-ring (bicyclic) bond motifs is 1. The summed E-state index contributed by atoms with van der Waals surface area (Å²) in [5.74, 6) is -1.56. The average molecular weight is 536 g/mol. The van der Waals surface area contributed by atoms with Crippen molar-refractivity contribution in [3.05, 3.63) is 107 Å². The third kappa shape index (κ3) is 4.52. The van der Waals surface area contributed by atoms with Crippen molar-refractivity contribution < 1.29 is 27.5 Å². The lowest BCUT2D eigenvalue weighted by Gasteiger charge is -2.13. The van der Waals surface area contributed by atoms with Gasteiger partial charge in [-0.25, -0.2) is 4.79 Å². The molecule has 0 bridgehead atoms. The standard InChI is InChI=1S/C28H17ClF3N3O3/c1-38-27(37)17-9-7-16(8-10-17)25-20-12-11-18(19-4-3-13-33-15-19)14-23(20)35(34-25)26(36)24-21(28(30,31)32)5-2-6-22(24)29/h2-15H,1H3. The number of rotatable bonds is 4. The second-order valence-corrected chi connectivity index (χ2v) is 8.68. The first kappa shape index (κ1) is 25.2. The molecule has 5 rings (SSSR count). The van der Waals surface area contributed by atoms with Crippen molar-refractivity contribution in [1.29, 1.82) is 0 Å². The maximum Gasteiger partial charge on any atom is 0.417 e. The lowest BCUT2D eigenvalue weighted by Crippen LogP contribution is -2.20. The van der Waals surface area contributed by atoms with E-state index in [0.29, 0.717) is 27.8 Å². The van der Waals surface area contributed by atoms with Gasteiger partial charge in [-0.15, -0.1) is 0 Å². The first-order chi connectivity index (χ1) is 18.2. The lowest BCUT2D eigenvalue weighted by molar-refractivity contribution is -0.137. The first-order valence-electron chi connectivity index (χ1n) is 11.2. The Morgan fingerprint density at radius 2 is 1.66 bits per heavy atom. The zero-order valence-electron chi connectivity index (χ0n) is 19.7. The van der Waals surface area contributed by atoms with E-state index in [2.05, 4.69) is 10.1 Å². The van der Waals surface area contributed by atoms with Crippen molar-refractivity contribution in [2.45, 2.75) is 6.18 Å². The van der Waals surface area contributed by atoms with Crippen molar-refractivity contribution in [1.82, 2.24) is 14.8 Å². The van der Waals surface area contributed by atoms with E-state index < -0.39 is 29.2 Å². The number of ether oxygens (including phenoxy) is 1. The minimum atomic E-state index is -4.81. The van der Waals surface area contributed by atoms with E-state index in [9.17, 15) is 22.8 Å². The Morgan fingerprint density at radius 1 is 0.921 bits per heavy atom. The third-order valence-corrected chi connectivity index (χ3v) is 6.30. The van der Waals surface area contributed by atoms with Crippen molar-refractivity contribution in [2.24, 2.45) is 0 Å². The van der Waals surface area contributed by atoms with Gasteiger partial charge in [0.25, 0.3) is 5.91 Å². The highest BCUT2D eigenvalue weighted by Crippen LogP contribution is 2.37. The summed E-state index contributed by atoms with van der Waals surface area (Å²) in [5.41, 5.74) is 1.02. The number of alkyl halides is 3. The SMILES string of the molecule is COC(=O)c1ccc(-c2nn(C(=O)c3c(Cl)cccc3C(F)(F)F)c3cc(-c4cccnc4)ccc23)cc1. The van der Waals surface area contributed by atoms with Gasteiger partial charge in [0.15, 0.2) is 0 Å². The molecule has 0 aliphatic heterocycles. The van der Waals surface area contributed by atoms with Crippen molar-refractivity contribution in [2.75, 3.05) is 7.11 Å². The van der Waals surface area contributed by atoms with Gasteiger partial charge in [0.2, 0.25) is 0 Å². The fourth-order valence-corrected chi connectivity index (χ4v) is 4.42. The third-order valence-electron chi connectivity index (χ3n) is 5.98. The van der Waals surface area contributed by atoms with Crippen LogP contribution in [0.3, 0.4) is 0 Å². The molecule has 6 nitrogen and oxygen atoms in total. The average Bonchev–Trinajstić information content (AvgIpc) is 3.31. The molecule has 0 unspecified atom stereocenters. The lowest BCUT2D eigenvalue weighted by atomic mass is 10.0. The van der Waals surface area contributed by atoms with Crippen LogP contribution in [0.25, 0.3) is 33.3 Å². The molecule has 3 aromatic carbocycles. The Kier molecular flexibility index (Phi) is 6.46. The normalized spacial score (nSPS) is 11.5.